The molecule has 9 heteroatoms. The molecular formula is C24H22ClN3O3S2. The third-order valence-corrected chi connectivity index (χ3v) is 7.74. The van der Waals surface area contributed by atoms with Crippen molar-refractivity contribution >= 4 is 62.2 Å². The van der Waals surface area contributed by atoms with Gasteiger partial charge in [-0.15, -0.1) is 35.1 Å². The van der Waals surface area contributed by atoms with E-state index in [1.54, 1.807) is 46.9 Å². The lowest BCUT2D eigenvalue weighted by atomic mass is 10.0. The van der Waals surface area contributed by atoms with Gasteiger partial charge in [-0.3, -0.25) is 4.79 Å². The summed E-state index contributed by atoms with van der Waals surface area (Å²) in [7, 11) is 3.45. The van der Waals surface area contributed by atoms with Crippen molar-refractivity contribution in [2.45, 2.75) is 13.0 Å². The largest absolute Gasteiger partial charge is 0.465 e. The van der Waals surface area contributed by atoms with Crippen molar-refractivity contribution < 1.29 is 14.3 Å². The zero-order valence-electron chi connectivity index (χ0n) is 18.1. The normalized spacial score (nSPS) is 13.3. The number of carbonyl (C=O) groups excluding carboxylic acids is 2. The number of anilines is 1. The molecule has 170 valence electrons. The number of fused-ring (bicyclic) bond motifs is 2. The fourth-order valence-corrected chi connectivity index (χ4v) is 6.31. The first-order valence-electron chi connectivity index (χ1n) is 10.2. The van der Waals surface area contributed by atoms with Gasteiger partial charge in [-0.2, -0.15) is 0 Å². The molecule has 1 aliphatic rings. The number of hydrogen-bond acceptors (Lipinski definition) is 7. The number of nitrogens with zero attached hydrogens (tertiary/aromatic N) is 2. The lowest BCUT2D eigenvalue weighted by molar-refractivity contribution is 0.0600. The zero-order valence-corrected chi connectivity index (χ0v) is 20.5. The van der Waals surface area contributed by atoms with E-state index in [0.717, 1.165) is 45.3 Å². The average molecular weight is 500 g/mol. The number of thiazole rings is 1. The molecule has 1 amide bonds. The van der Waals surface area contributed by atoms with Crippen LogP contribution in [-0.2, 0) is 17.7 Å². The molecule has 0 unspecified atom stereocenters. The quantitative estimate of drug-likeness (QED) is 0.377. The minimum absolute atomic E-state index is 0. The number of ether oxygens (including phenoxy) is 1. The lowest BCUT2D eigenvalue weighted by Gasteiger charge is -2.22. The first kappa shape index (κ1) is 23.4. The number of carbonyl (C=O) groups is 2. The van der Waals surface area contributed by atoms with E-state index < -0.39 is 5.97 Å². The van der Waals surface area contributed by atoms with Crippen LogP contribution in [0.25, 0.3) is 20.8 Å². The Bertz CT molecular complexity index is 1300. The summed E-state index contributed by atoms with van der Waals surface area (Å²) >= 11 is 3.28. The van der Waals surface area contributed by atoms with Crippen LogP contribution in [0.2, 0.25) is 0 Å². The molecule has 6 nitrogen and oxygen atoms in total. The molecule has 2 aromatic carbocycles. The summed E-state index contributed by atoms with van der Waals surface area (Å²) < 4.78 is 5.86. The molecule has 0 bridgehead atoms. The summed E-state index contributed by atoms with van der Waals surface area (Å²) in [6.45, 7) is 1.84. The third kappa shape index (κ3) is 4.52. The van der Waals surface area contributed by atoms with Gasteiger partial charge in [-0.05, 0) is 55.4 Å². The molecule has 1 aliphatic heterocycles. The number of esters is 1. The second kappa shape index (κ2) is 9.61. The molecule has 0 saturated carbocycles. The minimum Gasteiger partial charge on any atom is -0.465 e. The van der Waals surface area contributed by atoms with Gasteiger partial charge in [-0.25, -0.2) is 9.78 Å². The number of hydrogen-bond donors (Lipinski definition) is 1. The predicted octanol–water partition coefficient (Wildman–Crippen LogP) is 5.47. The van der Waals surface area contributed by atoms with Crippen LogP contribution in [0.1, 0.15) is 31.2 Å². The molecule has 0 saturated heterocycles. The van der Waals surface area contributed by atoms with E-state index in [4.69, 9.17) is 9.72 Å². The Morgan fingerprint density at radius 1 is 1.06 bits per heavy atom. The molecule has 0 aliphatic carbocycles. The lowest BCUT2D eigenvalue weighted by Crippen LogP contribution is -2.25. The summed E-state index contributed by atoms with van der Waals surface area (Å²) in [5.74, 6) is -0.638. The number of thiophene rings is 1. The third-order valence-electron chi connectivity index (χ3n) is 5.55. The molecule has 5 rings (SSSR count). The summed E-state index contributed by atoms with van der Waals surface area (Å²) in [5, 5.41) is 4.88. The smallest absolute Gasteiger partial charge is 0.337 e. The Balaban J connectivity index is 0.00000259. The summed E-state index contributed by atoms with van der Waals surface area (Å²) in [5.41, 5.74) is 4.18. The number of rotatable bonds is 4. The summed E-state index contributed by atoms with van der Waals surface area (Å²) in [6.07, 6.45) is 0.928. The number of likely N-dealkylation sites (N-methyl/N-ethyl adjacent to an activating group) is 1. The number of benzene rings is 2. The SMILES string of the molecule is COC(=O)c1ccc(C(=O)Nc2sc3c(c2-c2nc4ccccc4s2)CCN(C)C3)cc1.Cl. The van der Waals surface area contributed by atoms with Crippen LogP contribution in [0.3, 0.4) is 0 Å². The van der Waals surface area contributed by atoms with Crippen LogP contribution in [0.5, 0.6) is 0 Å². The van der Waals surface area contributed by atoms with Crippen molar-refractivity contribution in [1.82, 2.24) is 9.88 Å². The number of para-hydroxylation sites is 1. The fourth-order valence-electron chi connectivity index (χ4n) is 3.88. The van der Waals surface area contributed by atoms with Gasteiger partial charge in [0.15, 0.2) is 0 Å². The number of amides is 1. The van der Waals surface area contributed by atoms with Crippen molar-refractivity contribution in [1.29, 1.82) is 0 Å². The first-order chi connectivity index (χ1) is 15.5. The average Bonchev–Trinajstić information content (AvgIpc) is 3.38. The van der Waals surface area contributed by atoms with E-state index in [-0.39, 0.29) is 18.3 Å². The van der Waals surface area contributed by atoms with E-state index in [0.29, 0.717) is 11.1 Å². The van der Waals surface area contributed by atoms with Crippen LogP contribution < -0.4 is 5.32 Å². The van der Waals surface area contributed by atoms with Gasteiger partial charge in [0.2, 0.25) is 0 Å². The van der Waals surface area contributed by atoms with Gasteiger partial charge >= 0.3 is 5.97 Å². The molecular weight excluding hydrogens is 478 g/mol. The van der Waals surface area contributed by atoms with Crippen LogP contribution in [-0.4, -0.2) is 42.5 Å². The maximum Gasteiger partial charge on any atom is 0.337 e. The number of aromatic nitrogens is 1. The summed E-state index contributed by atoms with van der Waals surface area (Å²) in [4.78, 5) is 33.1. The molecule has 3 heterocycles. The van der Waals surface area contributed by atoms with Gasteiger partial charge in [0, 0.05) is 29.1 Å². The van der Waals surface area contributed by atoms with Crippen LogP contribution >= 0.6 is 35.1 Å². The van der Waals surface area contributed by atoms with Crippen LogP contribution in [0, 0.1) is 0 Å². The predicted molar refractivity (Wildman–Crippen MR) is 136 cm³/mol. The van der Waals surface area contributed by atoms with Gasteiger partial charge < -0.3 is 15.0 Å². The maximum atomic E-state index is 13.0. The molecule has 4 aromatic rings. The second-order valence-corrected chi connectivity index (χ2v) is 9.84. The van der Waals surface area contributed by atoms with Gasteiger partial charge in [0.1, 0.15) is 10.0 Å². The topological polar surface area (TPSA) is 71.5 Å². The van der Waals surface area contributed by atoms with E-state index in [1.807, 2.05) is 18.2 Å². The molecule has 0 atom stereocenters. The fraction of sp³-hybridized carbons (Fsp3) is 0.208. The Labute approximate surface area is 205 Å². The van der Waals surface area contributed by atoms with Crippen molar-refractivity contribution in [2.75, 3.05) is 26.0 Å². The van der Waals surface area contributed by atoms with Crippen molar-refractivity contribution in [3.05, 3.63) is 70.1 Å². The zero-order chi connectivity index (χ0) is 22.2. The Morgan fingerprint density at radius 2 is 1.79 bits per heavy atom. The van der Waals surface area contributed by atoms with E-state index >= 15 is 0 Å². The maximum absolute atomic E-state index is 13.0. The second-order valence-electron chi connectivity index (χ2n) is 7.71. The first-order valence-corrected chi connectivity index (χ1v) is 11.9. The highest BCUT2D eigenvalue weighted by Crippen LogP contribution is 2.45. The number of nitrogens with one attached hydrogen (secondary N) is 1. The Kier molecular flexibility index (Phi) is 6.81. The highest BCUT2D eigenvalue weighted by Gasteiger charge is 2.27. The Hall–Kier alpha value is -2.78. The number of halogens is 1. The van der Waals surface area contributed by atoms with Gasteiger partial charge in [0.05, 0.1) is 22.9 Å². The monoisotopic (exact) mass is 499 g/mol. The molecule has 0 radical (unpaired) electrons. The van der Waals surface area contributed by atoms with Gasteiger partial charge in [-0.1, -0.05) is 12.1 Å². The molecule has 2 aromatic heterocycles. The van der Waals surface area contributed by atoms with E-state index in [9.17, 15) is 9.59 Å². The van der Waals surface area contributed by atoms with Crippen LogP contribution in [0.15, 0.2) is 48.5 Å². The minimum atomic E-state index is -0.426. The van der Waals surface area contributed by atoms with E-state index in [2.05, 4.69) is 23.3 Å². The van der Waals surface area contributed by atoms with Crippen LogP contribution in [0.4, 0.5) is 5.00 Å². The highest BCUT2D eigenvalue weighted by atomic mass is 35.5. The van der Waals surface area contributed by atoms with Crippen molar-refractivity contribution in [3.8, 4) is 10.6 Å². The standard InChI is InChI=1S/C24H21N3O3S2.ClH/c1-27-12-11-16-19(13-27)32-23(20(16)22-25-17-5-3-4-6-18(17)31-22)26-21(28)14-7-9-15(10-8-14)24(29)30-2;/h3-10H,11-13H2,1-2H3,(H,26,28);1H. The highest BCUT2D eigenvalue weighted by molar-refractivity contribution is 7.23. The Morgan fingerprint density at radius 3 is 2.52 bits per heavy atom. The van der Waals surface area contributed by atoms with Crippen molar-refractivity contribution in [3.63, 3.8) is 0 Å². The molecule has 1 N–H and O–H groups in total. The van der Waals surface area contributed by atoms with Gasteiger partial charge in [0.25, 0.3) is 5.91 Å². The summed E-state index contributed by atoms with van der Waals surface area (Å²) in [6, 6.07) is 14.6. The van der Waals surface area contributed by atoms with Crippen molar-refractivity contribution in [2.24, 2.45) is 0 Å². The molecule has 0 fully saturated rings. The molecule has 0 spiro atoms. The number of methoxy groups -OCH3 is 1. The van der Waals surface area contributed by atoms with E-state index in [1.165, 1.54) is 17.6 Å². The molecule has 33 heavy (non-hydrogen) atoms.